The molecule has 1 fully saturated rings. The molecule has 0 spiro atoms. The molecule has 0 atom stereocenters. The van der Waals surface area contributed by atoms with Gasteiger partial charge in [0.05, 0.1) is 11.6 Å². The fourth-order valence-corrected chi connectivity index (χ4v) is 3.44. The summed E-state index contributed by atoms with van der Waals surface area (Å²) in [5.74, 6) is 0.795. The van der Waals surface area contributed by atoms with Crippen LogP contribution in [0.2, 0.25) is 10.2 Å². The maximum Gasteiger partial charge on any atom is 0.191 e. The minimum Gasteiger partial charge on any atom is -0.381 e. The van der Waals surface area contributed by atoms with Crippen molar-refractivity contribution in [3.8, 4) is 0 Å². The van der Waals surface area contributed by atoms with Gasteiger partial charge in [-0.05, 0) is 39.9 Å². The van der Waals surface area contributed by atoms with Crippen molar-refractivity contribution in [3.63, 3.8) is 0 Å². The average molecular weight is 390 g/mol. The predicted molar refractivity (Wildman–Crippen MR) is 105 cm³/mol. The highest BCUT2D eigenvalue weighted by molar-refractivity contribution is 6.41. The number of aliphatic imine (C=N–C) groups is 1. The van der Waals surface area contributed by atoms with E-state index in [9.17, 15) is 0 Å². The molecule has 1 aliphatic rings. The highest BCUT2D eigenvalue weighted by Crippen LogP contribution is 2.26. The predicted octanol–water partition coefficient (Wildman–Crippen LogP) is 2.50. The minimum absolute atomic E-state index is 0.0893. The van der Waals surface area contributed by atoms with Crippen LogP contribution in [0.5, 0.6) is 0 Å². The molecule has 0 aromatic carbocycles. The van der Waals surface area contributed by atoms with Crippen molar-refractivity contribution < 1.29 is 4.74 Å². The zero-order valence-electron chi connectivity index (χ0n) is 15.5. The van der Waals surface area contributed by atoms with Crippen molar-refractivity contribution in [2.75, 3.05) is 40.4 Å². The molecule has 1 aromatic rings. The Morgan fingerprint density at radius 1 is 1.32 bits per heavy atom. The third-order valence-corrected chi connectivity index (χ3v) is 5.76. The summed E-state index contributed by atoms with van der Waals surface area (Å²) >= 11 is 12.2. The molecule has 1 aliphatic heterocycles. The third kappa shape index (κ3) is 5.03. The molecular weight excluding hydrogens is 361 g/mol. The molecule has 0 aliphatic carbocycles. The summed E-state index contributed by atoms with van der Waals surface area (Å²) in [6.07, 6.45) is 2.02. The molecule has 142 valence electrons. The van der Waals surface area contributed by atoms with Crippen LogP contribution in [0.4, 0.5) is 0 Å². The first-order valence-corrected chi connectivity index (χ1v) is 9.42. The molecule has 0 unspecified atom stereocenters. The molecule has 2 N–H and O–H groups in total. The number of likely N-dealkylation sites (N-methyl/N-ethyl adjacent to an activating group) is 1. The summed E-state index contributed by atoms with van der Waals surface area (Å²) in [7, 11) is 6.15. The lowest BCUT2D eigenvalue weighted by Crippen LogP contribution is -2.57. The lowest BCUT2D eigenvalue weighted by molar-refractivity contribution is -0.00501. The Hall–Kier alpha value is -0.950. The summed E-state index contributed by atoms with van der Waals surface area (Å²) in [5.41, 5.74) is 1.06. The van der Waals surface area contributed by atoms with Crippen LogP contribution < -0.4 is 10.6 Å². The maximum absolute atomic E-state index is 6.12. The van der Waals surface area contributed by atoms with Crippen LogP contribution in [0.15, 0.2) is 11.1 Å². The van der Waals surface area contributed by atoms with E-state index in [2.05, 4.69) is 41.5 Å². The maximum atomic E-state index is 6.12. The first-order chi connectivity index (χ1) is 11.9. The molecule has 0 bridgehead atoms. The molecule has 2 rings (SSSR count). The van der Waals surface area contributed by atoms with E-state index in [-0.39, 0.29) is 5.54 Å². The fraction of sp³-hybridized carbons (Fsp3) is 0.706. The summed E-state index contributed by atoms with van der Waals surface area (Å²) in [4.78, 5) is 6.97. The van der Waals surface area contributed by atoms with Gasteiger partial charge in [0.1, 0.15) is 5.15 Å². The third-order valence-electron chi connectivity index (χ3n) is 4.92. The van der Waals surface area contributed by atoms with Gasteiger partial charge in [-0.1, -0.05) is 23.2 Å². The van der Waals surface area contributed by atoms with Gasteiger partial charge in [0.15, 0.2) is 5.96 Å². The van der Waals surface area contributed by atoms with Crippen LogP contribution in [-0.4, -0.2) is 61.4 Å². The highest BCUT2D eigenvalue weighted by atomic mass is 35.5. The molecule has 2 heterocycles. The molecule has 0 saturated carbocycles. The monoisotopic (exact) mass is 389 g/mol. The van der Waals surface area contributed by atoms with Gasteiger partial charge >= 0.3 is 0 Å². The largest absolute Gasteiger partial charge is 0.381 e. The first kappa shape index (κ1) is 20.4. The smallest absolute Gasteiger partial charge is 0.191 e. The second-order valence-electron chi connectivity index (χ2n) is 6.61. The summed E-state index contributed by atoms with van der Waals surface area (Å²) in [5, 5.41) is 7.89. The van der Waals surface area contributed by atoms with Gasteiger partial charge < -0.3 is 24.8 Å². The van der Waals surface area contributed by atoms with E-state index < -0.39 is 0 Å². The summed E-state index contributed by atoms with van der Waals surface area (Å²) < 4.78 is 7.39. The topological polar surface area (TPSA) is 53.8 Å². The van der Waals surface area contributed by atoms with Crippen LogP contribution in [0, 0.1) is 0 Å². The molecule has 0 amide bonds. The van der Waals surface area contributed by atoms with Crippen molar-refractivity contribution in [3.05, 3.63) is 21.9 Å². The first-order valence-electron chi connectivity index (χ1n) is 8.66. The van der Waals surface area contributed by atoms with E-state index in [1.165, 1.54) is 0 Å². The molecule has 1 saturated heterocycles. The van der Waals surface area contributed by atoms with E-state index in [4.69, 9.17) is 27.9 Å². The fourth-order valence-electron chi connectivity index (χ4n) is 3.02. The number of hydrogen-bond acceptors (Lipinski definition) is 3. The van der Waals surface area contributed by atoms with E-state index in [1.807, 2.05) is 17.7 Å². The Morgan fingerprint density at radius 2 is 2.00 bits per heavy atom. The number of nitrogens with one attached hydrogen (secondary N) is 2. The van der Waals surface area contributed by atoms with E-state index in [1.54, 1.807) is 0 Å². The molecule has 8 heteroatoms. The molecule has 1 aromatic heterocycles. The zero-order valence-corrected chi connectivity index (χ0v) is 17.0. The SMILES string of the molecule is CCNC(=NCc1cc(Cl)c(Cl)n1C)NCC1(N(C)C)CCOCC1. The van der Waals surface area contributed by atoms with E-state index in [0.29, 0.717) is 16.7 Å². The van der Waals surface area contributed by atoms with Gasteiger partial charge in [-0.3, -0.25) is 0 Å². The van der Waals surface area contributed by atoms with Crippen molar-refractivity contribution in [2.24, 2.45) is 12.0 Å². The minimum atomic E-state index is 0.0893. The molecular formula is C17H29Cl2N5O. The summed E-state index contributed by atoms with van der Waals surface area (Å²) in [6.45, 7) is 5.80. The van der Waals surface area contributed by atoms with Crippen molar-refractivity contribution in [1.82, 2.24) is 20.1 Å². The normalized spacial score (nSPS) is 17.8. The highest BCUT2D eigenvalue weighted by Gasteiger charge is 2.34. The van der Waals surface area contributed by atoms with Gasteiger partial charge in [-0.2, -0.15) is 0 Å². The van der Waals surface area contributed by atoms with Crippen molar-refractivity contribution in [1.29, 1.82) is 0 Å². The van der Waals surface area contributed by atoms with Gasteiger partial charge in [0.2, 0.25) is 0 Å². The van der Waals surface area contributed by atoms with E-state index in [0.717, 1.165) is 50.8 Å². The number of aromatic nitrogens is 1. The Kier molecular flexibility index (Phi) is 7.43. The lowest BCUT2D eigenvalue weighted by Gasteiger charge is -2.43. The van der Waals surface area contributed by atoms with Crippen molar-refractivity contribution in [2.45, 2.75) is 31.8 Å². The van der Waals surface area contributed by atoms with Gasteiger partial charge in [0.25, 0.3) is 0 Å². The summed E-state index contributed by atoms with van der Waals surface area (Å²) in [6, 6.07) is 1.86. The van der Waals surface area contributed by atoms with Crippen molar-refractivity contribution >= 4 is 29.2 Å². The second-order valence-corrected chi connectivity index (χ2v) is 7.38. The number of nitrogens with zero attached hydrogens (tertiary/aromatic N) is 3. The average Bonchev–Trinajstić information content (AvgIpc) is 2.85. The molecule has 0 radical (unpaired) electrons. The quantitative estimate of drug-likeness (QED) is 0.579. The van der Waals surface area contributed by atoms with E-state index >= 15 is 0 Å². The molecule has 6 nitrogen and oxygen atoms in total. The number of guanidine groups is 1. The Balaban J connectivity index is 2.05. The van der Waals surface area contributed by atoms with Crippen LogP contribution in [0.1, 0.15) is 25.5 Å². The lowest BCUT2D eigenvalue weighted by atomic mass is 9.88. The Morgan fingerprint density at radius 3 is 2.52 bits per heavy atom. The number of halogens is 2. The molecule has 25 heavy (non-hydrogen) atoms. The number of rotatable bonds is 6. The van der Waals surface area contributed by atoms with Crippen LogP contribution in [0.3, 0.4) is 0 Å². The van der Waals surface area contributed by atoms with Gasteiger partial charge in [-0.25, -0.2) is 4.99 Å². The standard InChI is InChI=1S/C17H29Cl2N5O/c1-5-20-16(21-11-13-10-14(18)15(19)24(13)4)22-12-17(23(2)3)6-8-25-9-7-17/h10H,5-9,11-12H2,1-4H3,(H2,20,21,22). The Labute approximate surface area is 160 Å². The number of ether oxygens (including phenoxy) is 1. The Bertz CT molecular complexity index is 594. The second kappa shape index (κ2) is 9.12. The van der Waals surface area contributed by atoms with Crippen LogP contribution in [0.25, 0.3) is 0 Å². The van der Waals surface area contributed by atoms with Crippen LogP contribution >= 0.6 is 23.2 Å². The van der Waals surface area contributed by atoms with Crippen LogP contribution in [-0.2, 0) is 18.3 Å². The zero-order chi connectivity index (χ0) is 18.4. The van der Waals surface area contributed by atoms with Gasteiger partial charge in [-0.15, -0.1) is 0 Å². The van der Waals surface area contributed by atoms with Gasteiger partial charge in [0, 0.05) is 44.6 Å². The number of hydrogen-bond donors (Lipinski definition) is 2.